The SMILES string of the molecule is COC(=O)c1c(O)cc(C)c(C(=O)OCCCN2CCCCC2)c1-c1ccccc1[N+](=O)[O-]. The lowest BCUT2D eigenvalue weighted by Gasteiger charge is -2.26. The third-order valence-corrected chi connectivity index (χ3v) is 5.77. The van der Waals surface area contributed by atoms with Crippen LogP contribution in [0.5, 0.6) is 5.75 Å². The molecule has 1 heterocycles. The summed E-state index contributed by atoms with van der Waals surface area (Å²) in [6.45, 7) is 4.62. The van der Waals surface area contributed by atoms with Gasteiger partial charge in [0.1, 0.15) is 11.3 Å². The summed E-state index contributed by atoms with van der Waals surface area (Å²) in [5.41, 5.74) is -0.380. The number of aromatic hydroxyl groups is 1. The lowest BCUT2D eigenvalue weighted by atomic mass is 9.89. The predicted molar refractivity (Wildman–Crippen MR) is 121 cm³/mol. The number of aryl methyl sites for hydroxylation is 1. The van der Waals surface area contributed by atoms with Gasteiger partial charge in [-0.25, -0.2) is 9.59 Å². The number of ether oxygens (including phenoxy) is 2. The Balaban J connectivity index is 1.98. The van der Waals surface area contributed by atoms with Crippen molar-refractivity contribution in [3.63, 3.8) is 0 Å². The van der Waals surface area contributed by atoms with Crippen LogP contribution in [-0.4, -0.2) is 60.2 Å². The van der Waals surface area contributed by atoms with Gasteiger partial charge < -0.3 is 19.5 Å². The van der Waals surface area contributed by atoms with Crippen LogP contribution in [-0.2, 0) is 9.47 Å². The quantitative estimate of drug-likeness (QED) is 0.273. The van der Waals surface area contributed by atoms with Gasteiger partial charge in [-0.05, 0) is 57.0 Å². The molecule has 9 heteroatoms. The molecule has 1 saturated heterocycles. The highest BCUT2D eigenvalue weighted by Gasteiger charge is 2.31. The number of likely N-dealkylation sites (tertiary alicyclic amines) is 1. The molecular weight excluding hydrogens is 428 g/mol. The number of phenols is 1. The summed E-state index contributed by atoms with van der Waals surface area (Å²) in [5, 5.41) is 22.2. The summed E-state index contributed by atoms with van der Waals surface area (Å²) in [4.78, 5) is 39.0. The molecule has 0 unspecified atom stereocenters. The van der Waals surface area contributed by atoms with E-state index in [1.165, 1.54) is 43.5 Å². The topological polar surface area (TPSA) is 119 Å². The highest BCUT2D eigenvalue weighted by molar-refractivity contribution is 6.09. The fraction of sp³-hybridized carbons (Fsp3) is 0.417. The number of carbonyl (C=O) groups is 2. The van der Waals surface area contributed by atoms with Crippen molar-refractivity contribution in [2.24, 2.45) is 0 Å². The monoisotopic (exact) mass is 456 g/mol. The van der Waals surface area contributed by atoms with E-state index in [2.05, 4.69) is 4.90 Å². The van der Waals surface area contributed by atoms with Crippen molar-refractivity contribution in [2.75, 3.05) is 33.4 Å². The third-order valence-electron chi connectivity index (χ3n) is 5.77. The number of phenolic OH excluding ortho intramolecular Hbond substituents is 1. The average molecular weight is 456 g/mol. The summed E-state index contributed by atoms with van der Waals surface area (Å²) < 4.78 is 10.3. The van der Waals surface area contributed by atoms with Crippen molar-refractivity contribution in [1.29, 1.82) is 0 Å². The molecule has 1 aliphatic rings. The summed E-state index contributed by atoms with van der Waals surface area (Å²) >= 11 is 0. The van der Waals surface area contributed by atoms with Gasteiger partial charge in [0.15, 0.2) is 0 Å². The summed E-state index contributed by atoms with van der Waals surface area (Å²) in [7, 11) is 1.13. The Labute approximate surface area is 192 Å². The van der Waals surface area contributed by atoms with E-state index in [0.717, 1.165) is 26.7 Å². The number of nitro groups is 1. The van der Waals surface area contributed by atoms with Gasteiger partial charge in [-0.2, -0.15) is 0 Å². The van der Waals surface area contributed by atoms with Gasteiger partial charge in [0.25, 0.3) is 5.69 Å². The molecule has 1 N–H and O–H groups in total. The number of carbonyl (C=O) groups excluding carboxylic acids is 2. The molecule has 33 heavy (non-hydrogen) atoms. The summed E-state index contributed by atoms with van der Waals surface area (Å²) in [5.74, 6) is -2.07. The number of hydrogen-bond acceptors (Lipinski definition) is 8. The Kier molecular flexibility index (Phi) is 8.00. The second-order valence-electron chi connectivity index (χ2n) is 8.00. The van der Waals surface area contributed by atoms with Crippen LogP contribution in [0.15, 0.2) is 30.3 Å². The molecule has 1 fully saturated rings. The van der Waals surface area contributed by atoms with Crippen LogP contribution in [0.2, 0.25) is 0 Å². The van der Waals surface area contributed by atoms with Gasteiger partial charge in [-0.1, -0.05) is 18.6 Å². The van der Waals surface area contributed by atoms with Crippen molar-refractivity contribution < 1.29 is 29.1 Å². The van der Waals surface area contributed by atoms with Crippen LogP contribution >= 0.6 is 0 Å². The predicted octanol–water partition coefficient (Wildman–Crippen LogP) is 4.10. The average Bonchev–Trinajstić information content (AvgIpc) is 2.81. The number of piperidine rings is 1. The molecule has 0 radical (unpaired) electrons. The number of nitrogens with zero attached hydrogens (tertiary/aromatic N) is 2. The molecule has 9 nitrogen and oxygen atoms in total. The maximum Gasteiger partial charge on any atom is 0.342 e. The van der Waals surface area contributed by atoms with Crippen LogP contribution in [0.1, 0.15) is 52.0 Å². The van der Waals surface area contributed by atoms with E-state index in [1.807, 2.05) is 0 Å². The van der Waals surface area contributed by atoms with Gasteiger partial charge in [-0.15, -0.1) is 0 Å². The molecule has 0 aliphatic carbocycles. The van der Waals surface area contributed by atoms with Gasteiger partial charge in [-0.3, -0.25) is 10.1 Å². The standard InChI is InChI=1S/C24H28N2O7/c1-16-15-19(27)22(23(28)32-2)21(17-9-4-5-10-18(17)26(30)31)20(16)24(29)33-14-8-13-25-11-6-3-7-12-25/h4-5,9-10,15,27H,3,6-8,11-14H2,1-2H3. The molecule has 2 aromatic carbocycles. The van der Waals surface area contributed by atoms with Gasteiger partial charge >= 0.3 is 11.9 Å². The minimum absolute atomic E-state index is 0.0135. The van der Waals surface area contributed by atoms with Crippen LogP contribution in [0.3, 0.4) is 0 Å². The fourth-order valence-electron chi connectivity index (χ4n) is 4.19. The van der Waals surface area contributed by atoms with E-state index in [9.17, 15) is 24.8 Å². The largest absolute Gasteiger partial charge is 0.507 e. The number of benzene rings is 2. The van der Waals surface area contributed by atoms with Crippen molar-refractivity contribution in [3.8, 4) is 16.9 Å². The Morgan fingerprint density at radius 1 is 1.12 bits per heavy atom. The highest BCUT2D eigenvalue weighted by atomic mass is 16.6. The minimum Gasteiger partial charge on any atom is -0.507 e. The molecule has 0 bridgehead atoms. The first-order valence-electron chi connectivity index (χ1n) is 10.9. The fourth-order valence-corrected chi connectivity index (χ4v) is 4.19. The summed E-state index contributed by atoms with van der Waals surface area (Å²) in [6.07, 6.45) is 4.22. The lowest BCUT2D eigenvalue weighted by Crippen LogP contribution is -2.31. The molecule has 176 valence electrons. The zero-order valence-electron chi connectivity index (χ0n) is 18.8. The van der Waals surface area contributed by atoms with Crippen molar-refractivity contribution in [3.05, 3.63) is 57.1 Å². The molecular formula is C24H28N2O7. The number of para-hydroxylation sites is 1. The molecule has 3 rings (SSSR count). The van der Waals surface area contributed by atoms with Crippen LogP contribution in [0.25, 0.3) is 11.1 Å². The smallest absolute Gasteiger partial charge is 0.342 e. The Morgan fingerprint density at radius 2 is 1.82 bits per heavy atom. The normalized spacial score (nSPS) is 14.0. The summed E-state index contributed by atoms with van der Waals surface area (Å²) in [6, 6.07) is 6.98. The first kappa shape index (κ1) is 24.2. The third kappa shape index (κ3) is 5.48. The maximum absolute atomic E-state index is 13.1. The molecule has 2 aromatic rings. The molecule has 0 aromatic heterocycles. The zero-order valence-corrected chi connectivity index (χ0v) is 18.8. The number of hydrogen-bond donors (Lipinski definition) is 1. The van der Waals surface area contributed by atoms with Crippen LogP contribution in [0.4, 0.5) is 5.69 Å². The van der Waals surface area contributed by atoms with Crippen LogP contribution < -0.4 is 0 Å². The second-order valence-corrected chi connectivity index (χ2v) is 8.00. The van der Waals surface area contributed by atoms with Crippen LogP contribution in [0, 0.1) is 17.0 Å². The lowest BCUT2D eigenvalue weighted by molar-refractivity contribution is -0.384. The van der Waals surface area contributed by atoms with E-state index < -0.39 is 22.6 Å². The van der Waals surface area contributed by atoms with Crippen molar-refractivity contribution >= 4 is 17.6 Å². The molecule has 0 spiro atoms. The number of methoxy groups -OCH3 is 1. The number of rotatable bonds is 8. The van der Waals surface area contributed by atoms with E-state index in [0.29, 0.717) is 12.0 Å². The first-order chi connectivity index (χ1) is 15.8. The van der Waals surface area contributed by atoms with E-state index in [-0.39, 0.29) is 34.5 Å². The molecule has 0 amide bonds. The number of esters is 2. The van der Waals surface area contributed by atoms with Gasteiger partial charge in [0.2, 0.25) is 0 Å². The van der Waals surface area contributed by atoms with E-state index in [1.54, 1.807) is 13.0 Å². The Hall–Kier alpha value is -3.46. The second kappa shape index (κ2) is 10.9. The Morgan fingerprint density at radius 3 is 2.48 bits per heavy atom. The van der Waals surface area contributed by atoms with E-state index in [4.69, 9.17) is 9.47 Å². The molecule has 0 atom stereocenters. The van der Waals surface area contributed by atoms with E-state index >= 15 is 0 Å². The first-order valence-corrected chi connectivity index (χ1v) is 10.9. The zero-order chi connectivity index (χ0) is 24.0. The molecule has 0 saturated carbocycles. The Bertz CT molecular complexity index is 1050. The molecule has 1 aliphatic heterocycles. The highest BCUT2D eigenvalue weighted by Crippen LogP contribution is 2.40. The van der Waals surface area contributed by atoms with Crippen molar-refractivity contribution in [1.82, 2.24) is 4.90 Å². The maximum atomic E-state index is 13.1. The minimum atomic E-state index is -0.917. The van der Waals surface area contributed by atoms with Gasteiger partial charge in [0.05, 0.1) is 29.8 Å². The van der Waals surface area contributed by atoms with Gasteiger partial charge in [0, 0.05) is 18.2 Å². The number of nitro benzene ring substituents is 1. The van der Waals surface area contributed by atoms with Crippen molar-refractivity contribution in [2.45, 2.75) is 32.6 Å².